The molecule has 0 aromatic heterocycles. The van der Waals surface area contributed by atoms with Crippen molar-refractivity contribution in [2.45, 2.75) is 270 Å². The first-order chi connectivity index (χ1) is 26.0. The highest BCUT2D eigenvalue weighted by Crippen LogP contribution is 2.17. The Bertz CT molecular complexity index is 802. The average Bonchev–Trinajstić information content (AvgIpc) is 3.15. The van der Waals surface area contributed by atoms with Crippen LogP contribution in [0.3, 0.4) is 0 Å². The Labute approximate surface area is 329 Å². The third-order valence-corrected chi connectivity index (χ3v) is 10.8. The summed E-state index contributed by atoms with van der Waals surface area (Å²) < 4.78 is 5.89. The Balaban J connectivity index is 4.58. The van der Waals surface area contributed by atoms with Crippen LogP contribution in [-0.4, -0.2) is 46.9 Å². The van der Waals surface area contributed by atoms with Crippen LogP contribution in [0.4, 0.5) is 0 Å². The molecule has 53 heavy (non-hydrogen) atoms. The number of esters is 1. The molecule has 0 heterocycles. The highest BCUT2D eigenvalue weighted by molar-refractivity contribution is 5.77. The predicted octanol–water partition coefficient (Wildman–Crippen LogP) is 13.4. The molecule has 0 radical (unpaired) electrons. The Hall–Kier alpha value is -1.40. The van der Waals surface area contributed by atoms with Crippen molar-refractivity contribution in [3.63, 3.8) is 0 Å². The van der Waals surface area contributed by atoms with E-state index in [4.69, 9.17) is 4.74 Å². The van der Waals surface area contributed by atoms with Crippen molar-refractivity contribution in [2.24, 2.45) is 0 Å². The molecular weight excluding hydrogens is 659 g/mol. The van der Waals surface area contributed by atoms with Gasteiger partial charge in [0, 0.05) is 6.42 Å². The maximum atomic E-state index is 13.1. The maximum Gasteiger partial charge on any atom is 0.306 e. The summed E-state index contributed by atoms with van der Waals surface area (Å²) in [5, 5.41) is 23.6. The number of hydrogen-bond acceptors (Lipinski definition) is 5. The van der Waals surface area contributed by atoms with Gasteiger partial charge in [0.1, 0.15) is 6.10 Å². The molecule has 3 N–H and O–H groups in total. The van der Waals surface area contributed by atoms with E-state index in [1.807, 2.05) is 0 Å². The van der Waals surface area contributed by atoms with Crippen molar-refractivity contribution in [1.82, 2.24) is 5.32 Å². The summed E-state index contributed by atoms with van der Waals surface area (Å²) in [6, 6.07) is -0.701. The lowest BCUT2D eigenvalue weighted by atomic mass is 10.0. The minimum Gasteiger partial charge on any atom is -0.462 e. The number of carbonyl (C=O) groups excluding carboxylic acids is 2. The van der Waals surface area contributed by atoms with Crippen molar-refractivity contribution in [2.75, 3.05) is 6.61 Å². The molecule has 0 aliphatic carbocycles. The number of amides is 1. The SMILES string of the molecule is CCCCCCCC/C=C\CCCC(CC(=O)NC(CO)C(O)CCCCCCCCCCCC)OC(=O)CCCCCCCCCCCCCCC. The molecule has 0 rings (SSSR count). The molecule has 0 spiro atoms. The van der Waals surface area contributed by atoms with Crippen LogP contribution in [-0.2, 0) is 14.3 Å². The summed E-state index contributed by atoms with van der Waals surface area (Å²) in [5.41, 5.74) is 0. The lowest BCUT2D eigenvalue weighted by Crippen LogP contribution is -2.46. The van der Waals surface area contributed by atoms with Gasteiger partial charge in [0.15, 0.2) is 0 Å². The second-order valence-corrected chi connectivity index (χ2v) is 16.2. The van der Waals surface area contributed by atoms with E-state index in [0.29, 0.717) is 19.3 Å². The standard InChI is InChI=1S/C47H91NO5/c1-4-7-10-13-16-19-22-23-25-28-31-34-37-40-47(52)53-43(38-35-32-29-26-24-20-17-14-11-8-5-2)41-46(51)48-44(42-49)45(50)39-36-33-30-27-21-18-15-12-9-6-3/h26,29,43-45,49-50H,4-25,27-28,30-42H2,1-3H3,(H,48,51)/b29-26-. The van der Waals surface area contributed by atoms with Crippen molar-refractivity contribution >= 4 is 11.9 Å². The summed E-state index contributed by atoms with van der Waals surface area (Å²) in [7, 11) is 0. The second-order valence-electron chi connectivity index (χ2n) is 16.2. The Morgan fingerprint density at radius 2 is 0.925 bits per heavy atom. The van der Waals surface area contributed by atoms with Crippen molar-refractivity contribution in [3.05, 3.63) is 12.2 Å². The average molecular weight is 750 g/mol. The van der Waals surface area contributed by atoms with E-state index in [1.165, 1.54) is 148 Å². The summed E-state index contributed by atoms with van der Waals surface area (Å²) in [6.45, 7) is 6.45. The smallest absolute Gasteiger partial charge is 0.306 e. The van der Waals surface area contributed by atoms with Crippen LogP contribution in [0.1, 0.15) is 252 Å². The number of ether oxygens (including phenoxy) is 1. The molecule has 6 nitrogen and oxygen atoms in total. The Morgan fingerprint density at radius 3 is 1.38 bits per heavy atom. The van der Waals surface area contributed by atoms with Gasteiger partial charge in [-0.15, -0.1) is 0 Å². The van der Waals surface area contributed by atoms with Crippen LogP contribution < -0.4 is 5.32 Å². The van der Waals surface area contributed by atoms with Gasteiger partial charge in [0.2, 0.25) is 5.91 Å². The van der Waals surface area contributed by atoms with Gasteiger partial charge in [0.05, 0.1) is 25.2 Å². The van der Waals surface area contributed by atoms with Gasteiger partial charge in [-0.1, -0.05) is 206 Å². The quantitative estimate of drug-likeness (QED) is 0.0328. The third-order valence-electron chi connectivity index (χ3n) is 10.8. The van der Waals surface area contributed by atoms with Crippen molar-refractivity contribution < 1.29 is 24.5 Å². The molecule has 3 atom stereocenters. The molecule has 3 unspecified atom stereocenters. The maximum absolute atomic E-state index is 13.1. The van der Waals surface area contributed by atoms with Gasteiger partial charge in [-0.05, 0) is 44.9 Å². The molecular formula is C47H91NO5. The highest BCUT2D eigenvalue weighted by Gasteiger charge is 2.24. The number of allylic oxidation sites excluding steroid dienone is 2. The van der Waals surface area contributed by atoms with E-state index >= 15 is 0 Å². The highest BCUT2D eigenvalue weighted by atomic mass is 16.5. The number of carbonyl (C=O) groups is 2. The predicted molar refractivity (Wildman–Crippen MR) is 227 cm³/mol. The minimum absolute atomic E-state index is 0.0628. The first-order valence-corrected chi connectivity index (χ1v) is 23.4. The molecule has 0 saturated carbocycles. The lowest BCUT2D eigenvalue weighted by molar-refractivity contribution is -0.151. The van der Waals surface area contributed by atoms with Crippen LogP contribution in [0.15, 0.2) is 12.2 Å². The van der Waals surface area contributed by atoms with Gasteiger partial charge in [-0.25, -0.2) is 0 Å². The van der Waals surface area contributed by atoms with E-state index in [0.717, 1.165) is 57.8 Å². The Kier molecular flexibility index (Phi) is 40.7. The van der Waals surface area contributed by atoms with Gasteiger partial charge in [-0.3, -0.25) is 9.59 Å². The number of hydrogen-bond donors (Lipinski definition) is 3. The van der Waals surface area contributed by atoms with Crippen LogP contribution in [0.5, 0.6) is 0 Å². The third kappa shape index (κ3) is 37.3. The molecule has 0 bridgehead atoms. The first-order valence-electron chi connectivity index (χ1n) is 23.4. The van der Waals surface area contributed by atoms with E-state index < -0.39 is 18.2 Å². The largest absolute Gasteiger partial charge is 0.462 e. The molecule has 0 aromatic rings. The van der Waals surface area contributed by atoms with Gasteiger partial charge in [-0.2, -0.15) is 0 Å². The van der Waals surface area contributed by atoms with E-state index in [9.17, 15) is 19.8 Å². The zero-order valence-electron chi connectivity index (χ0n) is 35.7. The number of unbranched alkanes of at least 4 members (excludes halogenated alkanes) is 28. The molecule has 0 fully saturated rings. The number of aliphatic hydroxyl groups is 2. The van der Waals surface area contributed by atoms with Crippen molar-refractivity contribution in [3.8, 4) is 0 Å². The van der Waals surface area contributed by atoms with Gasteiger partial charge >= 0.3 is 5.97 Å². The zero-order chi connectivity index (χ0) is 38.9. The topological polar surface area (TPSA) is 95.9 Å². The fourth-order valence-corrected chi connectivity index (χ4v) is 7.25. The van der Waals surface area contributed by atoms with Crippen LogP contribution >= 0.6 is 0 Å². The molecule has 0 aliphatic heterocycles. The summed E-state index contributed by atoms with van der Waals surface area (Å²) in [5.74, 6) is -0.493. The normalized spacial score (nSPS) is 13.4. The molecule has 314 valence electrons. The number of nitrogens with one attached hydrogen (secondary N) is 1. The van der Waals surface area contributed by atoms with Crippen LogP contribution in [0, 0.1) is 0 Å². The second kappa shape index (κ2) is 41.8. The molecule has 0 saturated heterocycles. The fourth-order valence-electron chi connectivity index (χ4n) is 7.25. The van der Waals surface area contributed by atoms with Crippen molar-refractivity contribution in [1.29, 1.82) is 0 Å². The van der Waals surface area contributed by atoms with Gasteiger partial charge in [0.25, 0.3) is 0 Å². The fraction of sp³-hybridized carbons (Fsp3) is 0.915. The zero-order valence-corrected chi connectivity index (χ0v) is 35.7. The molecule has 0 aliphatic rings. The number of aliphatic hydroxyl groups excluding tert-OH is 2. The van der Waals surface area contributed by atoms with Crippen LogP contribution in [0.25, 0.3) is 0 Å². The lowest BCUT2D eigenvalue weighted by Gasteiger charge is -2.24. The minimum atomic E-state index is -0.786. The van der Waals surface area contributed by atoms with E-state index in [-0.39, 0.29) is 24.9 Å². The van der Waals surface area contributed by atoms with Gasteiger partial charge < -0.3 is 20.3 Å². The Morgan fingerprint density at radius 1 is 0.528 bits per heavy atom. The summed E-state index contributed by atoms with van der Waals surface area (Å²) in [6.07, 6.45) is 44.2. The van der Waals surface area contributed by atoms with E-state index in [2.05, 4.69) is 38.2 Å². The monoisotopic (exact) mass is 750 g/mol. The molecule has 6 heteroatoms. The summed E-state index contributed by atoms with van der Waals surface area (Å²) >= 11 is 0. The first kappa shape index (κ1) is 51.6. The molecule has 1 amide bonds. The summed E-state index contributed by atoms with van der Waals surface area (Å²) in [4.78, 5) is 25.9. The van der Waals surface area contributed by atoms with Crippen LogP contribution in [0.2, 0.25) is 0 Å². The molecule has 0 aromatic carbocycles. The van der Waals surface area contributed by atoms with E-state index in [1.54, 1.807) is 0 Å². The number of rotatable bonds is 42.